The first-order valence-corrected chi connectivity index (χ1v) is 9.16. The van der Waals surface area contributed by atoms with Gasteiger partial charge in [0.05, 0.1) is 6.04 Å². The van der Waals surface area contributed by atoms with E-state index in [-0.39, 0.29) is 6.04 Å². The third-order valence-electron chi connectivity index (χ3n) is 4.22. The van der Waals surface area contributed by atoms with Gasteiger partial charge in [0, 0.05) is 38.1 Å². The summed E-state index contributed by atoms with van der Waals surface area (Å²) in [6.07, 6.45) is 2.64. The number of aromatic nitrogens is 3. The van der Waals surface area contributed by atoms with E-state index in [4.69, 9.17) is 11.6 Å². The molecule has 1 atom stereocenters. The number of hydrogen-bond donors (Lipinski definition) is 2. The van der Waals surface area contributed by atoms with Crippen molar-refractivity contribution in [2.45, 2.75) is 25.9 Å². The molecule has 0 saturated heterocycles. The lowest BCUT2D eigenvalue weighted by Gasteiger charge is -2.26. The summed E-state index contributed by atoms with van der Waals surface area (Å²) in [6, 6.07) is 8.18. The van der Waals surface area contributed by atoms with Crippen LogP contribution in [0.2, 0.25) is 5.02 Å². The fourth-order valence-corrected chi connectivity index (χ4v) is 2.86. The van der Waals surface area contributed by atoms with Crippen molar-refractivity contribution in [1.29, 1.82) is 0 Å². The average Bonchev–Trinajstić information content (AvgIpc) is 3.09. The highest BCUT2D eigenvalue weighted by Gasteiger charge is 2.14. The lowest BCUT2D eigenvalue weighted by Crippen LogP contribution is -2.42. The zero-order chi connectivity index (χ0) is 18.9. The van der Waals surface area contributed by atoms with Gasteiger partial charge in [-0.15, -0.1) is 10.2 Å². The fraction of sp³-hybridized carbons (Fsp3) is 0.500. The molecule has 0 saturated carbocycles. The molecule has 1 unspecified atom stereocenters. The number of aliphatic imine (C=N–C) groups is 1. The third-order valence-corrected chi connectivity index (χ3v) is 4.47. The zero-order valence-corrected chi connectivity index (χ0v) is 16.7. The lowest BCUT2D eigenvalue weighted by molar-refractivity contribution is 0.298. The van der Waals surface area contributed by atoms with E-state index in [0.29, 0.717) is 0 Å². The molecule has 0 aliphatic rings. The van der Waals surface area contributed by atoms with Gasteiger partial charge in [-0.05, 0) is 31.8 Å². The van der Waals surface area contributed by atoms with Crippen LogP contribution in [-0.2, 0) is 13.0 Å². The summed E-state index contributed by atoms with van der Waals surface area (Å²) < 4.78 is 2.05. The number of halogens is 1. The Bertz CT molecular complexity index is 694. The molecule has 26 heavy (non-hydrogen) atoms. The molecule has 2 N–H and O–H groups in total. The Morgan fingerprint density at radius 1 is 1.27 bits per heavy atom. The summed E-state index contributed by atoms with van der Waals surface area (Å²) in [7, 11) is 5.91. The van der Waals surface area contributed by atoms with Crippen molar-refractivity contribution in [3.63, 3.8) is 0 Å². The van der Waals surface area contributed by atoms with Crippen LogP contribution in [0.5, 0.6) is 0 Å². The third kappa shape index (κ3) is 5.71. The number of hydrogen-bond acceptors (Lipinski definition) is 4. The largest absolute Gasteiger partial charge is 0.355 e. The van der Waals surface area contributed by atoms with E-state index >= 15 is 0 Å². The highest BCUT2D eigenvalue weighted by atomic mass is 35.5. The molecule has 0 amide bonds. The molecule has 0 aliphatic heterocycles. The molecule has 8 heteroatoms. The highest BCUT2D eigenvalue weighted by molar-refractivity contribution is 6.30. The Morgan fingerprint density at radius 3 is 2.62 bits per heavy atom. The number of guanidine groups is 1. The van der Waals surface area contributed by atoms with Crippen molar-refractivity contribution >= 4 is 17.6 Å². The topological polar surface area (TPSA) is 70.4 Å². The first-order chi connectivity index (χ1) is 12.5. The molecule has 7 nitrogen and oxygen atoms in total. The number of rotatable bonds is 8. The summed E-state index contributed by atoms with van der Waals surface area (Å²) in [5.41, 5.74) is 1.21. The van der Waals surface area contributed by atoms with Crippen LogP contribution in [0.25, 0.3) is 0 Å². The molecule has 1 aromatic heterocycles. The molecule has 2 aromatic rings. The van der Waals surface area contributed by atoms with Crippen LogP contribution in [0.4, 0.5) is 0 Å². The SMILES string of the molecule is CCc1nncn1CCNC(=NC)NCC(c1ccc(Cl)cc1)N(C)C. The van der Waals surface area contributed by atoms with Crippen molar-refractivity contribution in [1.82, 2.24) is 30.3 Å². The van der Waals surface area contributed by atoms with Crippen molar-refractivity contribution in [3.8, 4) is 0 Å². The fourth-order valence-electron chi connectivity index (χ4n) is 2.73. The lowest BCUT2D eigenvalue weighted by atomic mass is 10.1. The molecule has 142 valence electrons. The average molecular weight is 378 g/mol. The number of nitrogens with zero attached hydrogens (tertiary/aromatic N) is 5. The van der Waals surface area contributed by atoms with Crippen LogP contribution in [0.3, 0.4) is 0 Å². The van der Waals surface area contributed by atoms with Crippen LogP contribution in [-0.4, -0.2) is 59.9 Å². The second kappa shape index (κ2) is 10.1. The van der Waals surface area contributed by atoms with E-state index in [0.717, 1.165) is 42.9 Å². The maximum absolute atomic E-state index is 6.00. The minimum absolute atomic E-state index is 0.218. The van der Waals surface area contributed by atoms with Gasteiger partial charge in [0.15, 0.2) is 5.96 Å². The Hall–Kier alpha value is -2.12. The maximum Gasteiger partial charge on any atom is 0.191 e. The van der Waals surface area contributed by atoms with Gasteiger partial charge in [-0.2, -0.15) is 0 Å². The standard InChI is InChI=1S/C18H28ClN7/c1-5-17-24-23-13-26(17)11-10-21-18(20-2)22-12-16(25(3)4)14-6-8-15(19)9-7-14/h6-9,13,16H,5,10-12H2,1-4H3,(H2,20,21,22). The van der Waals surface area contributed by atoms with E-state index in [9.17, 15) is 0 Å². The highest BCUT2D eigenvalue weighted by Crippen LogP contribution is 2.19. The van der Waals surface area contributed by atoms with Gasteiger partial charge in [0.1, 0.15) is 12.2 Å². The van der Waals surface area contributed by atoms with Crippen LogP contribution in [0.15, 0.2) is 35.6 Å². The van der Waals surface area contributed by atoms with Crippen molar-refractivity contribution in [3.05, 3.63) is 47.0 Å². The van der Waals surface area contributed by atoms with Gasteiger partial charge in [-0.25, -0.2) is 0 Å². The summed E-state index contributed by atoms with van der Waals surface area (Å²) in [5, 5.41) is 15.5. The van der Waals surface area contributed by atoms with Crippen LogP contribution >= 0.6 is 11.6 Å². The smallest absolute Gasteiger partial charge is 0.191 e. The monoisotopic (exact) mass is 377 g/mol. The van der Waals surface area contributed by atoms with Gasteiger partial charge in [-0.3, -0.25) is 4.99 Å². The van der Waals surface area contributed by atoms with Crippen LogP contribution < -0.4 is 10.6 Å². The molecular weight excluding hydrogens is 350 g/mol. The second-order valence-corrected chi connectivity index (χ2v) is 6.64. The Labute approximate surface area is 160 Å². The molecule has 1 aromatic carbocycles. The van der Waals surface area contributed by atoms with Gasteiger partial charge in [0.2, 0.25) is 0 Å². The van der Waals surface area contributed by atoms with Crippen LogP contribution in [0.1, 0.15) is 24.4 Å². The maximum atomic E-state index is 6.00. The van der Waals surface area contributed by atoms with E-state index in [1.807, 2.05) is 12.1 Å². The van der Waals surface area contributed by atoms with Crippen molar-refractivity contribution in [2.75, 3.05) is 34.2 Å². The Balaban J connectivity index is 1.87. The normalized spacial score (nSPS) is 13.1. The minimum Gasteiger partial charge on any atom is -0.355 e. The number of benzene rings is 1. The zero-order valence-electron chi connectivity index (χ0n) is 15.9. The first-order valence-electron chi connectivity index (χ1n) is 8.78. The van der Waals surface area contributed by atoms with Crippen molar-refractivity contribution < 1.29 is 0 Å². The molecule has 1 heterocycles. The molecule has 2 rings (SSSR count). The summed E-state index contributed by atoms with van der Waals surface area (Å²) >= 11 is 6.00. The predicted octanol–water partition coefficient (Wildman–Crippen LogP) is 1.96. The second-order valence-electron chi connectivity index (χ2n) is 6.20. The van der Waals surface area contributed by atoms with E-state index in [1.165, 1.54) is 5.56 Å². The van der Waals surface area contributed by atoms with E-state index in [1.54, 1.807) is 13.4 Å². The van der Waals surface area contributed by atoms with Gasteiger partial charge >= 0.3 is 0 Å². The Morgan fingerprint density at radius 2 is 2.00 bits per heavy atom. The number of likely N-dealkylation sites (N-methyl/N-ethyl adjacent to an activating group) is 1. The molecule has 0 bridgehead atoms. The van der Waals surface area contributed by atoms with Crippen molar-refractivity contribution in [2.24, 2.45) is 4.99 Å². The summed E-state index contributed by atoms with van der Waals surface area (Å²) in [4.78, 5) is 6.48. The Kier molecular flexibility index (Phi) is 7.87. The molecule has 0 spiro atoms. The van der Waals surface area contributed by atoms with E-state index in [2.05, 4.69) is 68.4 Å². The predicted molar refractivity (Wildman–Crippen MR) is 107 cm³/mol. The minimum atomic E-state index is 0.218. The first kappa shape index (κ1) is 20.2. The summed E-state index contributed by atoms with van der Waals surface area (Å²) in [5.74, 6) is 1.77. The molecular formula is C18H28ClN7. The van der Waals surface area contributed by atoms with Crippen LogP contribution in [0, 0.1) is 0 Å². The molecule has 0 aliphatic carbocycles. The molecule has 0 radical (unpaired) electrons. The van der Waals surface area contributed by atoms with Gasteiger partial charge in [0.25, 0.3) is 0 Å². The van der Waals surface area contributed by atoms with Gasteiger partial charge < -0.3 is 20.1 Å². The molecule has 0 fully saturated rings. The number of aryl methyl sites for hydroxylation is 1. The van der Waals surface area contributed by atoms with Gasteiger partial charge in [-0.1, -0.05) is 30.7 Å². The quantitative estimate of drug-likeness (QED) is 0.543. The number of nitrogens with one attached hydrogen (secondary N) is 2. The summed E-state index contributed by atoms with van der Waals surface area (Å²) in [6.45, 7) is 4.36. The van der Waals surface area contributed by atoms with E-state index < -0.39 is 0 Å².